The van der Waals surface area contributed by atoms with Crippen molar-refractivity contribution in [2.75, 3.05) is 0 Å². The van der Waals surface area contributed by atoms with Crippen LogP contribution in [0.5, 0.6) is 0 Å². The van der Waals surface area contributed by atoms with E-state index in [1.54, 1.807) is 0 Å². The van der Waals surface area contributed by atoms with Gasteiger partial charge in [0, 0.05) is 9.35 Å². The van der Waals surface area contributed by atoms with E-state index in [1.807, 2.05) is 0 Å². The predicted molar refractivity (Wildman–Crippen MR) is 57.3 cm³/mol. The summed E-state index contributed by atoms with van der Waals surface area (Å²) in [7, 11) is 0. The van der Waals surface area contributed by atoms with Crippen LogP contribution in [0.2, 0.25) is 0 Å². The molecule has 0 unspecified atom stereocenters. The Morgan fingerprint density at radius 2 is 1.50 bits per heavy atom. The van der Waals surface area contributed by atoms with E-state index in [2.05, 4.69) is 0 Å². The largest absolute Gasteiger partial charge is 0.449 e. The van der Waals surface area contributed by atoms with Gasteiger partial charge >= 0.3 is 11.2 Å². The molecule has 92 valence electrons. The van der Waals surface area contributed by atoms with Crippen LogP contribution >= 0.6 is 0 Å². The third kappa shape index (κ3) is 1.43. The number of nitro groups is 2. The van der Waals surface area contributed by atoms with Gasteiger partial charge in [0.25, 0.3) is 0 Å². The molecule has 0 saturated heterocycles. The van der Waals surface area contributed by atoms with Crippen LogP contribution in [-0.2, 0) is 0 Å². The second-order valence-corrected chi connectivity index (χ2v) is 3.20. The summed E-state index contributed by atoms with van der Waals surface area (Å²) in [5, 5.41) is 18.6. The van der Waals surface area contributed by atoms with Crippen LogP contribution in [-0.4, -0.2) is 19.4 Å². The number of aromatic nitrogens is 2. The van der Waals surface area contributed by atoms with E-state index in [-0.39, 0.29) is 15.6 Å². The Hall–Kier alpha value is -3.04. The highest BCUT2D eigenvalue weighted by molar-refractivity contribution is 5.77. The maximum atomic E-state index is 11.7. The van der Waals surface area contributed by atoms with Gasteiger partial charge in [-0.1, -0.05) is 12.1 Å². The highest BCUT2D eigenvalue weighted by atomic mass is 16.7. The normalized spacial score (nSPS) is 10.4. The summed E-state index contributed by atoms with van der Waals surface area (Å²) in [6.07, 6.45) is 0. The molecule has 0 aliphatic carbocycles. The summed E-state index contributed by atoms with van der Waals surface area (Å²) in [6, 6.07) is 5.07. The van der Waals surface area contributed by atoms with Gasteiger partial charge in [-0.2, -0.15) is 0 Å². The molecule has 1 aromatic heterocycles. The number of benzene rings is 1. The van der Waals surface area contributed by atoms with Crippen molar-refractivity contribution in [1.29, 1.82) is 0 Å². The molecule has 10 nitrogen and oxygen atoms in total. The van der Waals surface area contributed by atoms with Gasteiger partial charge in [-0.15, -0.1) is 0 Å². The second-order valence-electron chi connectivity index (χ2n) is 3.20. The molecule has 0 radical (unpaired) electrons. The van der Waals surface area contributed by atoms with Crippen LogP contribution < -0.4 is 11.2 Å². The van der Waals surface area contributed by atoms with Crippen LogP contribution in [0.25, 0.3) is 10.9 Å². The molecule has 2 aromatic rings. The number of fused-ring (bicyclic) bond motifs is 1. The van der Waals surface area contributed by atoms with Gasteiger partial charge in [-0.05, 0) is 12.1 Å². The van der Waals surface area contributed by atoms with Crippen LogP contribution in [0, 0.1) is 20.2 Å². The highest BCUT2D eigenvalue weighted by Crippen LogP contribution is 2.06. The molecule has 0 fully saturated rings. The van der Waals surface area contributed by atoms with Crippen LogP contribution in [0.3, 0.4) is 0 Å². The number of nitrogens with zero attached hydrogens (tertiary/aromatic N) is 4. The maximum Gasteiger partial charge on any atom is 0.449 e. The van der Waals surface area contributed by atoms with Gasteiger partial charge < -0.3 is 0 Å². The molecule has 0 atom stereocenters. The van der Waals surface area contributed by atoms with Crippen molar-refractivity contribution < 1.29 is 10.1 Å². The van der Waals surface area contributed by atoms with Crippen molar-refractivity contribution in [1.82, 2.24) is 9.35 Å². The average molecular weight is 252 g/mol. The first-order chi connectivity index (χ1) is 8.45. The zero-order valence-corrected chi connectivity index (χ0v) is 8.55. The van der Waals surface area contributed by atoms with E-state index in [0.717, 1.165) is 12.1 Å². The van der Waals surface area contributed by atoms with E-state index >= 15 is 0 Å². The molecule has 1 aromatic carbocycles. The molecule has 0 spiro atoms. The fourth-order valence-electron chi connectivity index (χ4n) is 1.53. The third-order valence-electron chi connectivity index (χ3n) is 2.24. The van der Waals surface area contributed by atoms with E-state index in [9.17, 15) is 29.8 Å². The lowest BCUT2D eigenvalue weighted by atomic mass is 10.2. The summed E-state index contributed by atoms with van der Waals surface area (Å²) in [6.45, 7) is 0. The van der Waals surface area contributed by atoms with Crippen LogP contribution in [0.15, 0.2) is 33.9 Å². The zero-order valence-electron chi connectivity index (χ0n) is 8.55. The summed E-state index contributed by atoms with van der Waals surface area (Å²) in [4.78, 5) is 44.5. The lowest BCUT2D eigenvalue weighted by molar-refractivity contribution is -0.570. The van der Waals surface area contributed by atoms with Crippen LogP contribution in [0.1, 0.15) is 0 Å². The van der Waals surface area contributed by atoms with Crippen molar-refractivity contribution >= 4 is 10.9 Å². The standard InChI is InChI=1S/C8H4N4O6/c13-7-5-3-1-2-4-6(5)9(11(15)16)8(14)10(7)12(17)18/h1-4H. The minimum atomic E-state index is -1.63. The average Bonchev–Trinajstić information content (AvgIpc) is 2.28. The Bertz CT molecular complexity index is 788. The lowest BCUT2D eigenvalue weighted by Gasteiger charge is -2.01. The molecular weight excluding hydrogens is 248 g/mol. The molecule has 18 heavy (non-hydrogen) atoms. The van der Waals surface area contributed by atoms with Crippen molar-refractivity contribution in [2.24, 2.45) is 0 Å². The molecule has 0 amide bonds. The van der Waals surface area contributed by atoms with E-state index < -0.39 is 26.0 Å². The molecule has 0 bridgehead atoms. The minimum Gasteiger partial charge on any atom is -0.262 e. The fraction of sp³-hybridized carbons (Fsp3) is 0. The molecule has 0 N–H and O–H groups in total. The molecule has 1 heterocycles. The van der Waals surface area contributed by atoms with Gasteiger partial charge in [-0.3, -0.25) is 4.79 Å². The predicted octanol–water partition coefficient (Wildman–Crippen LogP) is -0.757. The monoisotopic (exact) mass is 252 g/mol. The third-order valence-corrected chi connectivity index (χ3v) is 2.24. The quantitative estimate of drug-likeness (QED) is 0.510. The summed E-state index contributed by atoms with van der Waals surface area (Å²) >= 11 is 0. The maximum absolute atomic E-state index is 11.7. The van der Waals surface area contributed by atoms with Gasteiger partial charge in [0.2, 0.25) is 0 Å². The minimum absolute atomic E-state index is 0.0421. The molecule has 10 heteroatoms. The first-order valence-corrected chi connectivity index (χ1v) is 4.51. The first-order valence-electron chi connectivity index (χ1n) is 4.51. The van der Waals surface area contributed by atoms with Crippen molar-refractivity contribution in [3.05, 3.63) is 65.3 Å². The number of hydrogen-bond acceptors (Lipinski definition) is 6. The Labute approximate surface area is 96.5 Å². The lowest BCUT2D eigenvalue weighted by Crippen LogP contribution is -2.45. The molecule has 0 aliphatic rings. The van der Waals surface area contributed by atoms with E-state index in [0.29, 0.717) is 0 Å². The molecule has 0 aliphatic heterocycles. The Morgan fingerprint density at radius 1 is 0.944 bits per heavy atom. The molecule has 0 saturated carbocycles. The Balaban J connectivity index is 3.17. The summed E-state index contributed by atoms with van der Waals surface area (Å²) in [5.74, 6) is 0. The summed E-state index contributed by atoms with van der Waals surface area (Å²) in [5.41, 5.74) is -3.14. The topological polar surface area (TPSA) is 130 Å². The Kier molecular flexibility index (Phi) is 2.39. The zero-order chi connectivity index (χ0) is 13.4. The first kappa shape index (κ1) is 11.4. The number of para-hydroxylation sites is 1. The molecule has 2 rings (SSSR count). The smallest absolute Gasteiger partial charge is 0.262 e. The van der Waals surface area contributed by atoms with Crippen molar-refractivity contribution in [2.45, 2.75) is 0 Å². The number of rotatable bonds is 2. The summed E-state index contributed by atoms with van der Waals surface area (Å²) < 4.78 is -0.440. The van der Waals surface area contributed by atoms with E-state index in [4.69, 9.17) is 0 Å². The van der Waals surface area contributed by atoms with Crippen molar-refractivity contribution in [3.8, 4) is 0 Å². The Morgan fingerprint density at radius 3 is 2.06 bits per heavy atom. The van der Waals surface area contributed by atoms with Gasteiger partial charge in [0.1, 0.15) is 5.52 Å². The second kappa shape index (κ2) is 3.76. The highest BCUT2D eigenvalue weighted by Gasteiger charge is 2.24. The van der Waals surface area contributed by atoms with E-state index in [1.165, 1.54) is 12.1 Å². The fourth-order valence-corrected chi connectivity index (χ4v) is 1.53. The van der Waals surface area contributed by atoms with Crippen molar-refractivity contribution in [3.63, 3.8) is 0 Å². The molecular formula is C8H4N4O6. The number of hydrogen-bond donors (Lipinski definition) is 0. The SMILES string of the molecule is O=c1c2ccccc2n([N+](=O)[O-])c(=O)n1[N+](=O)[O-]. The van der Waals surface area contributed by atoms with Crippen LogP contribution in [0.4, 0.5) is 0 Å². The van der Waals surface area contributed by atoms with Gasteiger partial charge in [-0.25, -0.2) is 25.0 Å². The van der Waals surface area contributed by atoms with Gasteiger partial charge in [0.15, 0.2) is 10.1 Å². The van der Waals surface area contributed by atoms with Gasteiger partial charge in [0.05, 0.1) is 5.39 Å².